The Kier molecular flexibility index (Phi) is 33.9. The summed E-state index contributed by atoms with van der Waals surface area (Å²) < 4.78 is 23.1. The van der Waals surface area contributed by atoms with Crippen molar-refractivity contribution < 1.29 is 38.0 Å². The van der Waals surface area contributed by atoms with Gasteiger partial charge >= 0.3 is 0 Å². The van der Waals surface area contributed by atoms with Gasteiger partial charge in [-0.1, -0.05) is 157 Å². The van der Waals surface area contributed by atoms with E-state index in [1.807, 2.05) is 39.4 Å². The van der Waals surface area contributed by atoms with Gasteiger partial charge in [0.1, 0.15) is 13.2 Å². The van der Waals surface area contributed by atoms with Crippen LogP contribution in [0.4, 0.5) is 0 Å². The van der Waals surface area contributed by atoms with Crippen molar-refractivity contribution in [2.75, 3.05) is 40.9 Å². The zero-order valence-corrected chi connectivity index (χ0v) is 35.6. The maximum atomic E-state index is 12.8. The summed E-state index contributed by atoms with van der Waals surface area (Å²) in [5.41, 5.74) is 0. The molecule has 9 nitrogen and oxygen atoms in total. The molecule has 2 unspecified atom stereocenters. The standard InChI is InChI=1S/C44H79N2O7P/c1-6-8-10-12-14-16-18-20-22-24-26-28-30-32-36-43(48)42(40-53-54(50,51)52-39-38-46(3,4)5)45-44(49)37-33-35-41(47)34-31-29-27-25-23-21-19-17-15-13-11-9-7-2/h9,11,15,17,21,23,27,29,31-32,34,36,41-43,47-48H,6-8,10,12-14,16,18-20,22,24-26,28,30,33,35,37-40H2,1-5H3,(H-,45,49,50,51)/b11-9-,17-15-,23-21-,29-27-,34-31+,36-32+/t41?,42-,43+/m0/s1. The number of hydrogen-bond donors (Lipinski definition) is 3. The molecule has 1 amide bonds. The molecule has 0 aliphatic carbocycles. The molecule has 54 heavy (non-hydrogen) atoms. The first-order valence-electron chi connectivity index (χ1n) is 20.9. The Hall–Kier alpha value is -2.10. The number of unbranched alkanes of at least 4 members (excludes halogenated alkanes) is 12. The number of phosphoric acid groups is 1. The third-order valence-electron chi connectivity index (χ3n) is 8.78. The lowest BCUT2D eigenvalue weighted by Gasteiger charge is -2.29. The number of aliphatic hydroxyl groups is 2. The van der Waals surface area contributed by atoms with E-state index in [0.29, 0.717) is 23.9 Å². The van der Waals surface area contributed by atoms with E-state index in [9.17, 15) is 24.5 Å². The summed E-state index contributed by atoms with van der Waals surface area (Å²) in [6, 6.07) is -0.983. The second kappa shape index (κ2) is 35.3. The summed E-state index contributed by atoms with van der Waals surface area (Å²) in [7, 11) is 1.13. The number of carbonyl (C=O) groups is 1. The van der Waals surface area contributed by atoms with Gasteiger partial charge in [0.2, 0.25) is 5.91 Å². The van der Waals surface area contributed by atoms with Crippen molar-refractivity contribution >= 4 is 13.7 Å². The summed E-state index contributed by atoms with van der Waals surface area (Å²) in [5, 5.41) is 24.0. The van der Waals surface area contributed by atoms with E-state index in [1.54, 1.807) is 18.2 Å². The van der Waals surface area contributed by atoms with Crippen LogP contribution in [0.5, 0.6) is 0 Å². The maximum Gasteiger partial charge on any atom is 0.268 e. The molecule has 0 heterocycles. The third-order valence-corrected chi connectivity index (χ3v) is 9.74. The number of rotatable bonds is 36. The van der Waals surface area contributed by atoms with Gasteiger partial charge in [0.25, 0.3) is 7.82 Å². The van der Waals surface area contributed by atoms with Crippen molar-refractivity contribution in [1.82, 2.24) is 5.32 Å². The Bertz CT molecular complexity index is 1130. The average Bonchev–Trinajstić information content (AvgIpc) is 3.11. The quantitative estimate of drug-likeness (QED) is 0.0190. The smallest absolute Gasteiger partial charge is 0.268 e. The normalized spacial score (nSPS) is 15.8. The molecule has 0 aliphatic rings. The summed E-state index contributed by atoms with van der Waals surface area (Å²) in [6.45, 7) is 4.34. The Morgan fingerprint density at radius 3 is 1.85 bits per heavy atom. The number of allylic oxidation sites excluding steroid dienone is 10. The van der Waals surface area contributed by atoms with Crippen LogP contribution in [0.1, 0.15) is 142 Å². The molecular formula is C44H79N2O7P. The number of nitrogens with zero attached hydrogens (tertiary/aromatic N) is 1. The van der Waals surface area contributed by atoms with Gasteiger partial charge < -0.3 is 34.0 Å². The van der Waals surface area contributed by atoms with E-state index in [2.05, 4.69) is 55.6 Å². The van der Waals surface area contributed by atoms with Crippen molar-refractivity contribution in [2.24, 2.45) is 0 Å². The second-order valence-corrected chi connectivity index (χ2v) is 16.6. The van der Waals surface area contributed by atoms with Crippen LogP contribution in [-0.2, 0) is 18.4 Å². The van der Waals surface area contributed by atoms with Crippen molar-refractivity contribution in [3.63, 3.8) is 0 Å². The van der Waals surface area contributed by atoms with Crippen LogP contribution in [0.15, 0.2) is 72.9 Å². The Balaban J connectivity index is 4.72. The summed E-state index contributed by atoms with van der Waals surface area (Å²) in [4.78, 5) is 25.3. The Labute approximate surface area is 330 Å². The van der Waals surface area contributed by atoms with Crippen LogP contribution in [-0.4, -0.2) is 79.8 Å². The van der Waals surface area contributed by atoms with Gasteiger partial charge in [-0.15, -0.1) is 0 Å². The predicted octanol–water partition coefficient (Wildman–Crippen LogP) is 9.58. The fraction of sp³-hybridized carbons (Fsp3) is 0.705. The zero-order chi connectivity index (χ0) is 40.2. The summed E-state index contributed by atoms with van der Waals surface area (Å²) >= 11 is 0. The third kappa shape index (κ3) is 36.9. The fourth-order valence-corrected chi connectivity index (χ4v) is 6.14. The number of hydrogen-bond acceptors (Lipinski definition) is 7. The molecule has 0 radical (unpaired) electrons. The number of likely N-dealkylation sites (N-methyl/N-ethyl adjacent to an activating group) is 1. The van der Waals surface area contributed by atoms with Crippen molar-refractivity contribution in [3.05, 3.63) is 72.9 Å². The van der Waals surface area contributed by atoms with Crippen LogP contribution in [0.25, 0.3) is 0 Å². The molecule has 0 bridgehead atoms. The minimum atomic E-state index is -4.64. The number of aliphatic hydroxyl groups excluding tert-OH is 2. The maximum absolute atomic E-state index is 12.8. The minimum absolute atomic E-state index is 0.0398. The lowest BCUT2D eigenvalue weighted by molar-refractivity contribution is -0.870. The number of quaternary nitrogens is 1. The first-order chi connectivity index (χ1) is 25.9. The number of nitrogens with one attached hydrogen (secondary N) is 1. The molecule has 0 rings (SSSR count). The highest BCUT2D eigenvalue weighted by Gasteiger charge is 2.23. The van der Waals surface area contributed by atoms with Crippen LogP contribution in [0.3, 0.4) is 0 Å². The average molecular weight is 779 g/mol. The van der Waals surface area contributed by atoms with Gasteiger partial charge in [-0.2, -0.15) is 0 Å². The Morgan fingerprint density at radius 2 is 1.28 bits per heavy atom. The van der Waals surface area contributed by atoms with Crippen molar-refractivity contribution in [1.29, 1.82) is 0 Å². The van der Waals surface area contributed by atoms with E-state index in [1.165, 1.54) is 64.2 Å². The van der Waals surface area contributed by atoms with Crippen molar-refractivity contribution in [2.45, 2.75) is 161 Å². The molecule has 0 aromatic rings. The summed E-state index contributed by atoms with van der Waals surface area (Å²) in [5.74, 6) is -0.362. The van der Waals surface area contributed by atoms with Gasteiger partial charge in [0, 0.05) is 6.42 Å². The molecule has 312 valence electrons. The number of phosphoric ester groups is 1. The predicted molar refractivity (Wildman–Crippen MR) is 225 cm³/mol. The second-order valence-electron chi connectivity index (χ2n) is 15.2. The van der Waals surface area contributed by atoms with Crippen LogP contribution in [0.2, 0.25) is 0 Å². The largest absolute Gasteiger partial charge is 0.756 e. The first-order valence-corrected chi connectivity index (χ1v) is 22.4. The van der Waals surface area contributed by atoms with E-state index in [0.717, 1.165) is 44.9 Å². The van der Waals surface area contributed by atoms with Gasteiger partial charge in [-0.05, 0) is 51.4 Å². The number of amides is 1. The highest BCUT2D eigenvalue weighted by Crippen LogP contribution is 2.38. The Morgan fingerprint density at radius 1 is 0.722 bits per heavy atom. The van der Waals surface area contributed by atoms with Gasteiger partial charge in [-0.3, -0.25) is 9.36 Å². The fourth-order valence-electron chi connectivity index (χ4n) is 5.41. The molecule has 0 spiro atoms. The molecule has 10 heteroatoms. The molecule has 0 aromatic heterocycles. The van der Waals surface area contributed by atoms with Crippen LogP contribution < -0.4 is 10.2 Å². The monoisotopic (exact) mass is 779 g/mol. The molecule has 4 atom stereocenters. The van der Waals surface area contributed by atoms with Crippen LogP contribution >= 0.6 is 7.82 Å². The summed E-state index contributed by atoms with van der Waals surface area (Å²) in [6.07, 6.45) is 42.6. The molecule has 0 fully saturated rings. The highest BCUT2D eigenvalue weighted by molar-refractivity contribution is 7.45. The van der Waals surface area contributed by atoms with E-state index in [-0.39, 0.29) is 18.9 Å². The molecule has 0 aromatic carbocycles. The zero-order valence-electron chi connectivity index (χ0n) is 34.8. The lowest BCUT2D eigenvalue weighted by Crippen LogP contribution is -2.45. The van der Waals surface area contributed by atoms with Gasteiger partial charge in [0.15, 0.2) is 0 Å². The van der Waals surface area contributed by atoms with E-state index >= 15 is 0 Å². The molecule has 0 saturated heterocycles. The van der Waals surface area contributed by atoms with Crippen LogP contribution in [0, 0.1) is 0 Å². The van der Waals surface area contributed by atoms with Gasteiger partial charge in [-0.25, -0.2) is 0 Å². The van der Waals surface area contributed by atoms with E-state index < -0.39 is 32.7 Å². The minimum Gasteiger partial charge on any atom is -0.756 e. The lowest BCUT2D eigenvalue weighted by atomic mass is 10.0. The highest BCUT2D eigenvalue weighted by atomic mass is 31.2. The molecule has 3 N–H and O–H groups in total. The van der Waals surface area contributed by atoms with E-state index in [4.69, 9.17) is 9.05 Å². The number of carbonyl (C=O) groups excluding carboxylic acids is 1. The molecule has 0 aliphatic heterocycles. The van der Waals surface area contributed by atoms with Crippen molar-refractivity contribution in [3.8, 4) is 0 Å². The molecule has 0 saturated carbocycles. The molecular weight excluding hydrogens is 699 g/mol. The topological polar surface area (TPSA) is 128 Å². The van der Waals surface area contributed by atoms with Gasteiger partial charge in [0.05, 0.1) is 46.0 Å². The SMILES string of the molecule is CC/C=C\C/C=C\C/C=C\C/C=C\C=C\C(O)CCCC(=O)N[C@@H](COP(=O)([O-])OCC[N+](C)(C)C)[C@H](O)/C=C/CCCCCCCCCCCCCC. The first kappa shape index (κ1) is 51.9.